The van der Waals surface area contributed by atoms with E-state index >= 15 is 0 Å². The number of aromatic nitrogens is 3. The van der Waals surface area contributed by atoms with E-state index in [9.17, 15) is 4.79 Å². The highest BCUT2D eigenvalue weighted by Gasteiger charge is 2.26. The Hall–Kier alpha value is -2.67. The Bertz CT molecular complexity index is 999. The van der Waals surface area contributed by atoms with Crippen molar-refractivity contribution in [2.24, 2.45) is 0 Å². The summed E-state index contributed by atoms with van der Waals surface area (Å²) >= 11 is 3.51. The summed E-state index contributed by atoms with van der Waals surface area (Å²) in [4.78, 5) is 17.2. The molecule has 1 N–H and O–H groups in total. The van der Waals surface area contributed by atoms with Crippen LogP contribution in [0.15, 0.2) is 47.1 Å². The Balaban J connectivity index is 1.73. The number of amides is 1. The number of carbonyl (C=O) groups is 1. The van der Waals surface area contributed by atoms with Gasteiger partial charge in [0.25, 0.3) is 5.91 Å². The molecule has 3 aromatic rings. The molecule has 0 bridgehead atoms. The van der Waals surface area contributed by atoms with E-state index in [0.717, 1.165) is 47.1 Å². The van der Waals surface area contributed by atoms with Crippen LogP contribution in [0.25, 0.3) is 5.69 Å². The number of ether oxygens (including phenoxy) is 1. The molecule has 0 saturated heterocycles. The predicted molar refractivity (Wildman–Crippen MR) is 107 cm³/mol. The number of halogens is 1. The van der Waals surface area contributed by atoms with Gasteiger partial charge in [-0.3, -0.25) is 4.79 Å². The molecular formula is C20H19BrN4O2. The van der Waals surface area contributed by atoms with Gasteiger partial charge in [0.1, 0.15) is 0 Å². The summed E-state index contributed by atoms with van der Waals surface area (Å²) in [6, 6.07) is 11.5. The fourth-order valence-corrected chi connectivity index (χ4v) is 3.81. The molecule has 6 nitrogen and oxygen atoms in total. The molecule has 138 valence electrons. The summed E-state index contributed by atoms with van der Waals surface area (Å²) in [6.45, 7) is 0. The van der Waals surface area contributed by atoms with Gasteiger partial charge in [-0.15, -0.1) is 0 Å². The quantitative estimate of drug-likeness (QED) is 0.679. The molecule has 0 fully saturated rings. The van der Waals surface area contributed by atoms with Crippen LogP contribution >= 0.6 is 15.9 Å². The average molecular weight is 427 g/mol. The highest BCUT2D eigenvalue weighted by atomic mass is 79.9. The Kier molecular flexibility index (Phi) is 4.94. The van der Waals surface area contributed by atoms with E-state index in [0.29, 0.717) is 17.3 Å². The van der Waals surface area contributed by atoms with Crippen LogP contribution in [0, 0.1) is 0 Å². The third-order valence-electron chi connectivity index (χ3n) is 4.67. The van der Waals surface area contributed by atoms with Crippen molar-refractivity contribution >= 4 is 27.7 Å². The maximum Gasteiger partial charge on any atom is 0.277 e. The number of hydrogen-bond donors (Lipinski definition) is 1. The second-order valence-corrected chi connectivity index (χ2v) is 7.30. The molecule has 0 aliphatic heterocycles. The van der Waals surface area contributed by atoms with Gasteiger partial charge in [-0.25, -0.2) is 9.67 Å². The maximum atomic E-state index is 13.0. The van der Waals surface area contributed by atoms with Gasteiger partial charge >= 0.3 is 0 Å². The maximum absolute atomic E-state index is 13.0. The van der Waals surface area contributed by atoms with Crippen molar-refractivity contribution in [2.75, 3.05) is 12.4 Å². The zero-order valence-electron chi connectivity index (χ0n) is 14.9. The third-order valence-corrected chi connectivity index (χ3v) is 5.16. The van der Waals surface area contributed by atoms with Crippen molar-refractivity contribution in [3.63, 3.8) is 0 Å². The lowest BCUT2D eigenvalue weighted by Gasteiger charge is -2.14. The number of carbonyl (C=O) groups excluding carboxylic acids is 1. The van der Waals surface area contributed by atoms with Crippen molar-refractivity contribution in [3.05, 3.63) is 64.0 Å². The summed E-state index contributed by atoms with van der Waals surface area (Å²) in [5, 5.41) is 7.51. The highest BCUT2D eigenvalue weighted by molar-refractivity contribution is 9.10. The number of rotatable bonds is 4. The van der Waals surface area contributed by atoms with Gasteiger partial charge in [-0.1, -0.05) is 22.0 Å². The molecule has 27 heavy (non-hydrogen) atoms. The van der Waals surface area contributed by atoms with Crippen molar-refractivity contribution in [1.82, 2.24) is 14.8 Å². The predicted octanol–water partition coefficient (Wildman–Crippen LogP) is 4.17. The van der Waals surface area contributed by atoms with E-state index in [-0.39, 0.29) is 5.91 Å². The minimum atomic E-state index is -0.265. The van der Waals surface area contributed by atoms with Crippen molar-refractivity contribution < 1.29 is 9.53 Å². The minimum Gasteiger partial charge on any atom is -0.493 e. The number of nitrogens with one attached hydrogen (secondary N) is 1. The molecule has 2 heterocycles. The number of nitrogens with zero attached hydrogens (tertiary/aromatic N) is 3. The monoisotopic (exact) mass is 426 g/mol. The molecule has 7 heteroatoms. The largest absolute Gasteiger partial charge is 0.493 e. The molecule has 1 aliphatic rings. The van der Waals surface area contributed by atoms with Gasteiger partial charge in [0.2, 0.25) is 0 Å². The van der Waals surface area contributed by atoms with Gasteiger partial charge in [-0.05, 0) is 56.0 Å². The van der Waals surface area contributed by atoms with Crippen LogP contribution in [0.1, 0.15) is 34.6 Å². The lowest BCUT2D eigenvalue weighted by molar-refractivity contribution is 0.102. The number of anilines is 1. The van der Waals surface area contributed by atoms with E-state index in [2.05, 4.69) is 31.3 Å². The van der Waals surface area contributed by atoms with Crippen LogP contribution in [0.4, 0.5) is 5.82 Å². The molecule has 0 spiro atoms. The normalized spacial score (nSPS) is 13.1. The van der Waals surface area contributed by atoms with Crippen LogP contribution in [0.3, 0.4) is 0 Å². The average Bonchev–Trinajstić information content (AvgIpc) is 3.08. The van der Waals surface area contributed by atoms with E-state index in [1.807, 2.05) is 28.9 Å². The fourth-order valence-electron chi connectivity index (χ4n) is 3.42. The molecule has 1 amide bonds. The Labute approximate surface area is 165 Å². The summed E-state index contributed by atoms with van der Waals surface area (Å²) in [5.74, 6) is 0.650. The van der Waals surface area contributed by atoms with E-state index in [1.165, 1.54) is 0 Å². The SMILES string of the molecule is COc1cccnc1NC(=O)c1nn(-c2cccc(Br)c2)c2c1CCCC2. The number of benzene rings is 1. The molecule has 0 atom stereocenters. The number of hydrogen-bond acceptors (Lipinski definition) is 4. The number of fused-ring (bicyclic) bond motifs is 1. The summed E-state index contributed by atoms with van der Waals surface area (Å²) in [6.07, 6.45) is 5.54. The van der Waals surface area contributed by atoms with Crippen LogP contribution in [0.2, 0.25) is 0 Å². The molecule has 0 unspecified atom stereocenters. The van der Waals surface area contributed by atoms with E-state index in [1.54, 1.807) is 25.4 Å². The second-order valence-electron chi connectivity index (χ2n) is 6.38. The molecule has 1 aliphatic carbocycles. The van der Waals surface area contributed by atoms with Gasteiger partial charge in [0, 0.05) is 21.9 Å². The minimum absolute atomic E-state index is 0.265. The van der Waals surface area contributed by atoms with Crippen molar-refractivity contribution in [1.29, 1.82) is 0 Å². The zero-order valence-corrected chi connectivity index (χ0v) is 16.5. The lowest BCUT2D eigenvalue weighted by Crippen LogP contribution is -2.17. The molecule has 2 aromatic heterocycles. The van der Waals surface area contributed by atoms with E-state index < -0.39 is 0 Å². The summed E-state index contributed by atoms with van der Waals surface area (Å²) in [7, 11) is 1.55. The third kappa shape index (κ3) is 3.47. The zero-order chi connectivity index (χ0) is 18.8. The number of pyridine rings is 1. The summed E-state index contributed by atoms with van der Waals surface area (Å²) in [5.41, 5.74) is 3.53. The van der Waals surface area contributed by atoms with Crippen LogP contribution in [0.5, 0.6) is 5.75 Å². The van der Waals surface area contributed by atoms with Crippen LogP contribution < -0.4 is 10.1 Å². The van der Waals surface area contributed by atoms with Gasteiger partial charge in [0.15, 0.2) is 17.3 Å². The fraction of sp³-hybridized carbons (Fsp3) is 0.250. The molecule has 1 aromatic carbocycles. The first kappa shape index (κ1) is 17.7. The van der Waals surface area contributed by atoms with Crippen molar-refractivity contribution in [3.8, 4) is 11.4 Å². The van der Waals surface area contributed by atoms with Gasteiger partial charge in [-0.2, -0.15) is 5.10 Å². The lowest BCUT2D eigenvalue weighted by atomic mass is 9.95. The Morgan fingerprint density at radius 3 is 2.89 bits per heavy atom. The first-order chi connectivity index (χ1) is 13.2. The van der Waals surface area contributed by atoms with Crippen molar-refractivity contribution in [2.45, 2.75) is 25.7 Å². The van der Waals surface area contributed by atoms with Gasteiger partial charge in [0.05, 0.1) is 12.8 Å². The Morgan fingerprint density at radius 2 is 2.07 bits per heavy atom. The number of methoxy groups -OCH3 is 1. The highest BCUT2D eigenvalue weighted by Crippen LogP contribution is 2.29. The van der Waals surface area contributed by atoms with Crippen LogP contribution in [-0.4, -0.2) is 27.8 Å². The Morgan fingerprint density at radius 1 is 1.22 bits per heavy atom. The standard InChI is InChI=1S/C20H19BrN4O2/c1-27-17-10-5-11-22-19(17)23-20(26)18-15-8-2-3-9-16(15)25(24-18)14-7-4-6-13(21)12-14/h4-7,10-12H,2-3,8-9H2,1H3,(H,22,23,26). The second kappa shape index (κ2) is 7.52. The van der Waals surface area contributed by atoms with Crippen LogP contribution in [-0.2, 0) is 12.8 Å². The van der Waals surface area contributed by atoms with E-state index in [4.69, 9.17) is 4.74 Å². The first-order valence-corrected chi connectivity index (χ1v) is 9.63. The first-order valence-electron chi connectivity index (χ1n) is 8.84. The molecule has 4 rings (SSSR count). The smallest absolute Gasteiger partial charge is 0.277 e. The molecular weight excluding hydrogens is 408 g/mol. The molecule has 0 saturated carbocycles. The summed E-state index contributed by atoms with van der Waals surface area (Å²) < 4.78 is 8.14. The van der Waals surface area contributed by atoms with Gasteiger partial charge < -0.3 is 10.1 Å². The topological polar surface area (TPSA) is 69.0 Å². The molecule has 0 radical (unpaired) electrons.